The summed E-state index contributed by atoms with van der Waals surface area (Å²) in [6.45, 7) is 4.02. The molecule has 0 spiro atoms. The molecule has 3 aromatic rings. The van der Waals surface area contributed by atoms with Crippen molar-refractivity contribution < 1.29 is 4.74 Å². The van der Waals surface area contributed by atoms with Crippen molar-refractivity contribution in [2.75, 3.05) is 12.4 Å². The van der Waals surface area contributed by atoms with E-state index in [1.54, 1.807) is 13.2 Å². The summed E-state index contributed by atoms with van der Waals surface area (Å²) in [7, 11) is 1.79. The minimum Gasteiger partial charge on any atom is -0.491 e. The number of nitrogens with one attached hydrogen (secondary N) is 1. The normalized spacial score (nSPS) is 11.2. The summed E-state index contributed by atoms with van der Waals surface area (Å²) in [6.07, 6.45) is 1.93. The summed E-state index contributed by atoms with van der Waals surface area (Å²) >= 11 is 0. The van der Waals surface area contributed by atoms with Crippen molar-refractivity contribution in [3.63, 3.8) is 0 Å². The average Bonchev–Trinajstić information content (AvgIpc) is 2.44. The number of rotatable bonds is 3. The van der Waals surface area contributed by atoms with Crippen molar-refractivity contribution >= 4 is 27.9 Å². The lowest BCUT2D eigenvalue weighted by Crippen LogP contribution is -2.05. The first-order valence-corrected chi connectivity index (χ1v) is 6.57. The van der Waals surface area contributed by atoms with E-state index in [9.17, 15) is 0 Å². The van der Waals surface area contributed by atoms with E-state index < -0.39 is 0 Å². The van der Waals surface area contributed by atoms with E-state index >= 15 is 0 Å². The maximum Gasteiger partial charge on any atom is 0.224 e. The third-order valence-corrected chi connectivity index (χ3v) is 2.93. The average molecular weight is 268 g/mol. The number of pyridine rings is 1. The van der Waals surface area contributed by atoms with E-state index in [0.717, 1.165) is 22.0 Å². The molecule has 0 atom stereocenters. The van der Waals surface area contributed by atoms with Crippen molar-refractivity contribution in [3.05, 3.63) is 30.5 Å². The molecule has 0 amide bonds. The molecule has 5 nitrogen and oxygen atoms in total. The number of aromatic nitrogens is 3. The molecule has 2 aromatic heterocycles. The van der Waals surface area contributed by atoms with Gasteiger partial charge in [0.05, 0.1) is 11.6 Å². The molecule has 5 heteroatoms. The predicted octanol–water partition coefficient (Wildman–Crippen LogP) is 3.01. The monoisotopic (exact) mass is 268 g/mol. The zero-order valence-electron chi connectivity index (χ0n) is 11.7. The lowest BCUT2D eigenvalue weighted by molar-refractivity contribution is 0.243. The van der Waals surface area contributed by atoms with Crippen molar-refractivity contribution in [3.8, 4) is 5.75 Å². The lowest BCUT2D eigenvalue weighted by Gasteiger charge is -2.10. The number of ether oxygens (including phenoxy) is 1. The SMILES string of the molecule is CNc1ncc2cc3cc(OC(C)C)ccc3nc2n1. The number of anilines is 1. The summed E-state index contributed by atoms with van der Waals surface area (Å²) in [4.78, 5) is 13.1. The molecule has 0 aliphatic rings. The molecular weight excluding hydrogens is 252 g/mol. The molecule has 1 N–H and O–H groups in total. The maximum atomic E-state index is 5.70. The zero-order valence-corrected chi connectivity index (χ0v) is 11.7. The van der Waals surface area contributed by atoms with E-state index in [2.05, 4.69) is 20.3 Å². The molecule has 3 rings (SSSR count). The van der Waals surface area contributed by atoms with Gasteiger partial charge in [0.2, 0.25) is 5.95 Å². The molecule has 20 heavy (non-hydrogen) atoms. The zero-order chi connectivity index (χ0) is 14.1. The second kappa shape index (κ2) is 4.92. The van der Waals surface area contributed by atoms with Crippen molar-refractivity contribution in [2.24, 2.45) is 0 Å². The fraction of sp³-hybridized carbons (Fsp3) is 0.267. The maximum absolute atomic E-state index is 5.70. The van der Waals surface area contributed by atoms with Gasteiger partial charge in [0.1, 0.15) is 5.75 Å². The summed E-state index contributed by atoms with van der Waals surface area (Å²) in [6, 6.07) is 7.91. The fourth-order valence-electron chi connectivity index (χ4n) is 2.07. The van der Waals surface area contributed by atoms with E-state index in [0.29, 0.717) is 11.6 Å². The first kappa shape index (κ1) is 12.6. The first-order chi connectivity index (χ1) is 9.65. The highest BCUT2D eigenvalue weighted by Gasteiger charge is 2.05. The Balaban J connectivity index is 2.14. The van der Waals surface area contributed by atoms with Crippen LogP contribution in [0.1, 0.15) is 13.8 Å². The third-order valence-electron chi connectivity index (χ3n) is 2.93. The van der Waals surface area contributed by atoms with Crippen molar-refractivity contribution in [1.82, 2.24) is 15.0 Å². The lowest BCUT2D eigenvalue weighted by atomic mass is 10.2. The van der Waals surface area contributed by atoms with Gasteiger partial charge in [-0.15, -0.1) is 0 Å². The molecule has 0 aliphatic heterocycles. The topological polar surface area (TPSA) is 59.9 Å². The quantitative estimate of drug-likeness (QED) is 0.740. The molecule has 0 radical (unpaired) electrons. The fourth-order valence-corrected chi connectivity index (χ4v) is 2.07. The van der Waals surface area contributed by atoms with Crippen LogP contribution in [0.15, 0.2) is 30.5 Å². The van der Waals surface area contributed by atoms with Crippen molar-refractivity contribution in [1.29, 1.82) is 0 Å². The van der Waals surface area contributed by atoms with Crippen LogP contribution < -0.4 is 10.1 Å². The summed E-state index contributed by atoms with van der Waals surface area (Å²) in [5.41, 5.74) is 1.59. The molecular formula is C15H16N4O. The van der Waals surface area contributed by atoms with Gasteiger partial charge in [-0.2, -0.15) is 4.98 Å². The van der Waals surface area contributed by atoms with Gasteiger partial charge < -0.3 is 10.1 Å². The second-order valence-electron chi connectivity index (χ2n) is 4.87. The van der Waals surface area contributed by atoms with Crippen LogP contribution in [0.4, 0.5) is 5.95 Å². The van der Waals surface area contributed by atoms with Gasteiger partial charge >= 0.3 is 0 Å². The summed E-state index contributed by atoms with van der Waals surface area (Å²) in [5.74, 6) is 1.42. The number of benzene rings is 1. The Kier molecular flexibility index (Phi) is 3.10. The number of hydrogen-bond acceptors (Lipinski definition) is 5. The van der Waals surface area contributed by atoms with E-state index in [1.165, 1.54) is 0 Å². The van der Waals surface area contributed by atoms with Gasteiger partial charge in [0, 0.05) is 24.0 Å². The minimum atomic E-state index is 0.155. The Hall–Kier alpha value is -2.43. The van der Waals surface area contributed by atoms with Crippen LogP contribution in [0.25, 0.3) is 21.9 Å². The third kappa shape index (κ3) is 2.34. The van der Waals surface area contributed by atoms with Crippen LogP contribution in [-0.4, -0.2) is 28.1 Å². The Bertz CT molecular complexity index is 770. The van der Waals surface area contributed by atoms with Crippen LogP contribution in [0.5, 0.6) is 5.75 Å². The Morgan fingerprint density at radius 3 is 2.70 bits per heavy atom. The van der Waals surface area contributed by atoms with Crippen LogP contribution in [0.3, 0.4) is 0 Å². The second-order valence-corrected chi connectivity index (χ2v) is 4.87. The summed E-state index contributed by atoms with van der Waals surface area (Å²) in [5, 5.41) is 4.86. The number of fused-ring (bicyclic) bond motifs is 2. The van der Waals surface area contributed by atoms with Gasteiger partial charge in [-0.25, -0.2) is 9.97 Å². The summed E-state index contributed by atoms with van der Waals surface area (Å²) < 4.78 is 5.70. The molecule has 0 aliphatic carbocycles. The van der Waals surface area contributed by atoms with Crippen LogP contribution >= 0.6 is 0 Å². The molecule has 0 fully saturated rings. The number of nitrogens with zero attached hydrogens (tertiary/aromatic N) is 3. The Labute approximate surface area is 117 Å². The first-order valence-electron chi connectivity index (χ1n) is 6.57. The smallest absolute Gasteiger partial charge is 0.224 e. The number of hydrogen-bond donors (Lipinski definition) is 1. The molecule has 1 aromatic carbocycles. The standard InChI is InChI=1S/C15H16N4O/c1-9(2)20-12-4-5-13-10(7-12)6-11-8-17-15(16-3)19-14(11)18-13/h4-9H,1-3H3,(H,16,17,18,19). The van der Waals surface area contributed by atoms with Crippen molar-refractivity contribution in [2.45, 2.75) is 20.0 Å². The van der Waals surface area contributed by atoms with Gasteiger partial charge in [0.25, 0.3) is 0 Å². The molecule has 2 heterocycles. The molecule has 0 saturated heterocycles. The molecule has 102 valence electrons. The van der Waals surface area contributed by atoms with Gasteiger partial charge in [-0.3, -0.25) is 0 Å². The predicted molar refractivity (Wildman–Crippen MR) is 80.1 cm³/mol. The minimum absolute atomic E-state index is 0.155. The highest BCUT2D eigenvalue weighted by atomic mass is 16.5. The Morgan fingerprint density at radius 2 is 1.95 bits per heavy atom. The van der Waals surface area contributed by atoms with Gasteiger partial charge in [-0.05, 0) is 38.1 Å². The molecule has 0 unspecified atom stereocenters. The van der Waals surface area contributed by atoms with Crippen LogP contribution in [0, 0.1) is 0 Å². The van der Waals surface area contributed by atoms with Gasteiger partial charge in [-0.1, -0.05) is 0 Å². The van der Waals surface area contributed by atoms with Crippen LogP contribution in [-0.2, 0) is 0 Å². The largest absolute Gasteiger partial charge is 0.491 e. The van der Waals surface area contributed by atoms with E-state index in [1.807, 2.05) is 38.1 Å². The van der Waals surface area contributed by atoms with Crippen LogP contribution in [0.2, 0.25) is 0 Å². The highest BCUT2D eigenvalue weighted by molar-refractivity contribution is 5.91. The van der Waals surface area contributed by atoms with Gasteiger partial charge in [0.15, 0.2) is 5.65 Å². The highest BCUT2D eigenvalue weighted by Crippen LogP contribution is 2.23. The Morgan fingerprint density at radius 1 is 1.10 bits per heavy atom. The van der Waals surface area contributed by atoms with E-state index in [-0.39, 0.29) is 6.10 Å². The van der Waals surface area contributed by atoms with E-state index in [4.69, 9.17) is 4.74 Å². The molecule has 0 bridgehead atoms. The molecule has 0 saturated carbocycles.